The summed E-state index contributed by atoms with van der Waals surface area (Å²) in [6.07, 6.45) is 4.49. The van der Waals surface area contributed by atoms with Gasteiger partial charge in [0.25, 0.3) is 0 Å². The molecule has 0 aliphatic carbocycles. The first-order valence-electron chi connectivity index (χ1n) is 10.6. The number of carbonyl (C=O) groups is 1. The molecule has 8 heteroatoms. The zero-order valence-corrected chi connectivity index (χ0v) is 18.2. The van der Waals surface area contributed by atoms with Crippen molar-refractivity contribution >= 4 is 38.3 Å². The van der Waals surface area contributed by atoms with Gasteiger partial charge in [-0.25, -0.2) is 4.98 Å². The highest BCUT2D eigenvalue weighted by Crippen LogP contribution is 2.27. The van der Waals surface area contributed by atoms with Crippen molar-refractivity contribution in [3.8, 4) is 11.4 Å². The Labute approximate surface area is 184 Å². The van der Waals surface area contributed by atoms with Gasteiger partial charge in [-0.05, 0) is 44.0 Å². The third-order valence-corrected chi connectivity index (χ3v) is 6.49. The molecule has 2 aromatic heterocycles. The second kappa shape index (κ2) is 8.47. The van der Waals surface area contributed by atoms with Crippen LogP contribution < -0.4 is 10.6 Å². The number of thiazole rings is 1. The molecule has 1 atom stereocenters. The van der Waals surface area contributed by atoms with Crippen LogP contribution in [0.1, 0.15) is 32.0 Å². The lowest BCUT2D eigenvalue weighted by atomic mass is 10.1. The summed E-state index contributed by atoms with van der Waals surface area (Å²) < 4.78 is 3.31. The molecule has 2 aromatic carbocycles. The maximum absolute atomic E-state index is 12.8. The molecule has 0 radical (unpaired) electrons. The normalized spacial score (nSPS) is 14.6. The fourth-order valence-electron chi connectivity index (χ4n) is 3.87. The lowest BCUT2D eigenvalue weighted by Crippen LogP contribution is -2.31. The van der Waals surface area contributed by atoms with Crippen LogP contribution >= 0.6 is 11.3 Å². The number of anilines is 2. The molecule has 2 N–H and O–H groups in total. The summed E-state index contributed by atoms with van der Waals surface area (Å²) in [5, 5.41) is 15.8. The third kappa shape index (κ3) is 4.16. The maximum Gasteiger partial charge on any atom is 0.246 e. The Balaban J connectivity index is 1.30. The van der Waals surface area contributed by atoms with E-state index in [-0.39, 0.29) is 5.91 Å². The van der Waals surface area contributed by atoms with Crippen LogP contribution in [0.5, 0.6) is 0 Å². The van der Waals surface area contributed by atoms with Crippen LogP contribution in [0.3, 0.4) is 0 Å². The number of hydrogen-bond acceptors (Lipinski definition) is 6. The number of hydrogen-bond donors (Lipinski definition) is 2. The fraction of sp³-hybridized carbons (Fsp3) is 0.304. The van der Waals surface area contributed by atoms with Gasteiger partial charge in [-0.3, -0.25) is 4.79 Å². The molecule has 0 bridgehead atoms. The number of amides is 1. The van der Waals surface area contributed by atoms with E-state index in [1.807, 2.05) is 55.5 Å². The topological polar surface area (TPSA) is 84.7 Å². The van der Waals surface area contributed by atoms with Crippen LogP contribution in [0, 0.1) is 0 Å². The van der Waals surface area contributed by atoms with Crippen molar-refractivity contribution in [3.63, 3.8) is 0 Å². The van der Waals surface area contributed by atoms with Gasteiger partial charge in [-0.1, -0.05) is 42.0 Å². The summed E-state index contributed by atoms with van der Waals surface area (Å²) in [4.78, 5) is 17.3. The molecule has 1 unspecified atom stereocenters. The Morgan fingerprint density at radius 3 is 2.90 bits per heavy atom. The molecule has 0 saturated heterocycles. The largest absolute Gasteiger partial charge is 0.350 e. The fourth-order valence-corrected chi connectivity index (χ4v) is 4.82. The van der Waals surface area contributed by atoms with Crippen LogP contribution in [0.2, 0.25) is 0 Å². The zero-order chi connectivity index (χ0) is 21.2. The molecule has 158 valence electrons. The highest BCUT2D eigenvalue weighted by Gasteiger charge is 2.18. The molecule has 31 heavy (non-hydrogen) atoms. The number of para-hydroxylation sites is 1. The van der Waals surface area contributed by atoms with Crippen molar-refractivity contribution in [2.24, 2.45) is 0 Å². The average molecular weight is 433 g/mol. The van der Waals surface area contributed by atoms with E-state index in [1.54, 1.807) is 11.3 Å². The number of nitrogens with one attached hydrogen (secondary N) is 2. The first-order chi connectivity index (χ1) is 15.2. The van der Waals surface area contributed by atoms with E-state index in [9.17, 15) is 4.79 Å². The second-order valence-corrected chi connectivity index (χ2v) is 8.86. The van der Waals surface area contributed by atoms with Gasteiger partial charge in [0.1, 0.15) is 11.9 Å². The number of rotatable bonds is 5. The lowest BCUT2D eigenvalue weighted by Gasteiger charge is -2.14. The van der Waals surface area contributed by atoms with Crippen molar-refractivity contribution in [2.45, 2.75) is 45.2 Å². The third-order valence-electron chi connectivity index (χ3n) is 5.52. The van der Waals surface area contributed by atoms with Gasteiger partial charge in [0, 0.05) is 24.2 Å². The van der Waals surface area contributed by atoms with E-state index in [2.05, 4.69) is 30.4 Å². The number of aryl methyl sites for hydroxylation is 1. The van der Waals surface area contributed by atoms with Crippen molar-refractivity contribution in [2.75, 3.05) is 10.6 Å². The standard InChI is InChI=1S/C23H24N6OS/c1-15(24-23-26-18-10-4-5-11-19(18)31-23)22(30)25-17-9-7-8-16(14-17)21-28-27-20-12-3-2-6-13-29(20)21/h4-5,7-11,14-15H,2-3,6,12-13H2,1H3,(H,24,26)(H,25,30). The van der Waals surface area contributed by atoms with Gasteiger partial charge in [-0.15, -0.1) is 10.2 Å². The monoisotopic (exact) mass is 432 g/mol. The van der Waals surface area contributed by atoms with Crippen molar-refractivity contribution in [1.29, 1.82) is 0 Å². The molecule has 7 nitrogen and oxygen atoms in total. The number of carbonyl (C=O) groups excluding carboxylic acids is 1. The van der Waals surface area contributed by atoms with E-state index in [4.69, 9.17) is 0 Å². The molecule has 1 aliphatic rings. The summed E-state index contributed by atoms with van der Waals surface area (Å²) in [6.45, 7) is 2.78. The Bertz CT molecular complexity index is 1200. The Morgan fingerprint density at radius 2 is 2.00 bits per heavy atom. The van der Waals surface area contributed by atoms with E-state index in [0.717, 1.165) is 64.1 Å². The zero-order valence-electron chi connectivity index (χ0n) is 17.3. The molecule has 0 spiro atoms. The number of fused-ring (bicyclic) bond motifs is 2. The van der Waals surface area contributed by atoms with E-state index < -0.39 is 6.04 Å². The minimum atomic E-state index is -0.423. The van der Waals surface area contributed by atoms with E-state index in [1.165, 1.54) is 6.42 Å². The summed E-state index contributed by atoms with van der Waals surface area (Å²) in [5.74, 6) is 1.81. The Kier molecular flexibility index (Phi) is 5.38. The first kappa shape index (κ1) is 19.7. The highest BCUT2D eigenvalue weighted by molar-refractivity contribution is 7.22. The summed E-state index contributed by atoms with van der Waals surface area (Å²) in [7, 11) is 0. The van der Waals surface area contributed by atoms with Gasteiger partial charge in [0.15, 0.2) is 11.0 Å². The van der Waals surface area contributed by atoms with Gasteiger partial charge in [0.05, 0.1) is 10.2 Å². The Hall–Kier alpha value is -3.26. The molecular weight excluding hydrogens is 408 g/mol. The predicted molar refractivity (Wildman–Crippen MR) is 124 cm³/mol. The quantitative estimate of drug-likeness (QED) is 0.477. The van der Waals surface area contributed by atoms with E-state index in [0.29, 0.717) is 0 Å². The van der Waals surface area contributed by atoms with Crippen molar-refractivity contribution < 1.29 is 4.79 Å². The van der Waals surface area contributed by atoms with Gasteiger partial charge < -0.3 is 15.2 Å². The second-order valence-electron chi connectivity index (χ2n) is 7.82. The predicted octanol–water partition coefficient (Wildman–Crippen LogP) is 4.72. The lowest BCUT2D eigenvalue weighted by molar-refractivity contribution is -0.116. The minimum Gasteiger partial charge on any atom is -0.350 e. The van der Waals surface area contributed by atoms with Gasteiger partial charge >= 0.3 is 0 Å². The SMILES string of the molecule is CC(Nc1nc2ccccc2s1)C(=O)Nc1cccc(-c2nnc3n2CCCCC3)c1. The van der Waals surface area contributed by atoms with Crippen LogP contribution in [0.15, 0.2) is 48.5 Å². The molecule has 1 amide bonds. The van der Waals surface area contributed by atoms with Crippen LogP contribution in [0.25, 0.3) is 21.6 Å². The van der Waals surface area contributed by atoms with Crippen LogP contribution in [-0.4, -0.2) is 31.7 Å². The number of aromatic nitrogens is 4. The Morgan fingerprint density at radius 1 is 1.10 bits per heavy atom. The molecular formula is C23H24N6OS. The maximum atomic E-state index is 12.8. The molecule has 1 aliphatic heterocycles. The summed E-state index contributed by atoms with van der Waals surface area (Å²) >= 11 is 1.54. The van der Waals surface area contributed by atoms with Gasteiger partial charge in [-0.2, -0.15) is 0 Å². The number of nitrogens with zero attached hydrogens (tertiary/aromatic N) is 4. The van der Waals surface area contributed by atoms with Crippen LogP contribution in [0.4, 0.5) is 10.8 Å². The molecule has 4 aromatic rings. The molecule has 0 fully saturated rings. The molecule has 5 rings (SSSR count). The minimum absolute atomic E-state index is 0.114. The van der Waals surface area contributed by atoms with Crippen molar-refractivity contribution in [3.05, 3.63) is 54.4 Å². The molecule has 3 heterocycles. The van der Waals surface area contributed by atoms with Crippen molar-refractivity contribution in [1.82, 2.24) is 19.7 Å². The van der Waals surface area contributed by atoms with Crippen LogP contribution in [-0.2, 0) is 17.8 Å². The van der Waals surface area contributed by atoms with E-state index >= 15 is 0 Å². The average Bonchev–Trinajstić information content (AvgIpc) is 3.30. The summed E-state index contributed by atoms with van der Waals surface area (Å²) in [5.41, 5.74) is 2.64. The first-order valence-corrected chi connectivity index (χ1v) is 11.4. The number of benzene rings is 2. The van der Waals surface area contributed by atoms with Gasteiger partial charge in [0.2, 0.25) is 5.91 Å². The molecule has 0 saturated carbocycles. The highest BCUT2D eigenvalue weighted by atomic mass is 32.1. The summed E-state index contributed by atoms with van der Waals surface area (Å²) in [6, 6.07) is 15.3. The smallest absolute Gasteiger partial charge is 0.246 e.